The number of aliphatic carboxylic acids is 1. The van der Waals surface area contributed by atoms with Crippen LogP contribution in [0.1, 0.15) is 37.8 Å². The Hall–Kier alpha value is -0.310. The summed E-state index contributed by atoms with van der Waals surface area (Å²) in [4.78, 5) is 10.8. The first kappa shape index (κ1) is 15.7. The molecule has 0 aliphatic heterocycles. The quantitative estimate of drug-likeness (QED) is 0.831. The van der Waals surface area contributed by atoms with Crippen molar-refractivity contribution in [1.82, 2.24) is 0 Å². The van der Waals surface area contributed by atoms with E-state index in [1.807, 2.05) is 44.2 Å². The first-order valence-electron chi connectivity index (χ1n) is 5.02. The normalized spacial score (nSPS) is 12.8. The molecule has 1 aromatic carbocycles. The summed E-state index contributed by atoms with van der Waals surface area (Å²) in [5, 5.41) is 8.85. The van der Waals surface area contributed by atoms with E-state index in [4.69, 9.17) is 5.11 Å². The second-order valence-electron chi connectivity index (χ2n) is 3.65. The number of allylic oxidation sites excluding steroid dienone is 2. The molecule has 0 amide bonds. The van der Waals surface area contributed by atoms with Gasteiger partial charge in [-0.1, -0.05) is 30.3 Å². The first-order chi connectivity index (χ1) is 7.06. The van der Waals surface area contributed by atoms with Crippen LogP contribution in [0.2, 0.25) is 0 Å². The molecule has 1 rings (SSSR count). The van der Waals surface area contributed by atoms with Crippen LogP contribution in [-0.2, 0) is 4.79 Å². The summed E-state index contributed by atoms with van der Waals surface area (Å²) in [5.74, 6) is -1.23. The van der Waals surface area contributed by atoms with E-state index in [1.54, 1.807) is 6.92 Å². The van der Waals surface area contributed by atoms with E-state index in [1.165, 1.54) is 5.57 Å². The van der Waals surface area contributed by atoms with Crippen molar-refractivity contribution < 1.29 is 9.90 Å². The summed E-state index contributed by atoms with van der Waals surface area (Å²) in [7, 11) is 0. The SMILES string of the molecule is CC=C(C)c1ccc(C(C)C(=O)O)cc1.[CaH2]. The van der Waals surface area contributed by atoms with Crippen LogP contribution in [0.5, 0.6) is 0 Å². The van der Waals surface area contributed by atoms with Crippen molar-refractivity contribution >= 4 is 49.3 Å². The number of carboxylic acid groups (broad SMARTS) is 1. The molecule has 1 N–H and O–H groups in total. The van der Waals surface area contributed by atoms with Gasteiger partial charge in [0.25, 0.3) is 0 Å². The van der Waals surface area contributed by atoms with Crippen molar-refractivity contribution in [3.8, 4) is 0 Å². The van der Waals surface area contributed by atoms with E-state index >= 15 is 0 Å². The molecule has 2 nitrogen and oxygen atoms in total. The molecule has 0 radical (unpaired) electrons. The summed E-state index contributed by atoms with van der Waals surface area (Å²) in [5.41, 5.74) is 3.18. The van der Waals surface area contributed by atoms with Crippen LogP contribution in [-0.4, -0.2) is 48.8 Å². The van der Waals surface area contributed by atoms with Gasteiger partial charge in [-0.25, -0.2) is 0 Å². The minimum absolute atomic E-state index is 0. The summed E-state index contributed by atoms with van der Waals surface area (Å²) < 4.78 is 0. The molecule has 16 heavy (non-hydrogen) atoms. The van der Waals surface area contributed by atoms with Crippen molar-refractivity contribution in [2.45, 2.75) is 26.7 Å². The van der Waals surface area contributed by atoms with Crippen LogP contribution in [0.15, 0.2) is 30.3 Å². The third kappa shape index (κ3) is 3.93. The third-order valence-electron chi connectivity index (χ3n) is 2.67. The summed E-state index contributed by atoms with van der Waals surface area (Å²) in [6.07, 6.45) is 2.04. The summed E-state index contributed by atoms with van der Waals surface area (Å²) >= 11 is 0. The molecule has 0 aromatic heterocycles. The van der Waals surface area contributed by atoms with Crippen molar-refractivity contribution in [1.29, 1.82) is 0 Å². The van der Waals surface area contributed by atoms with Gasteiger partial charge in [-0.2, -0.15) is 0 Å². The molecule has 0 spiro atoms. The predicted octanol–water partition coefficient (Wildman–Crippen LogP) is 2.38. The molecule has 1 aromatic rings. The fourth-order valence-corrected chi connectivity index (χ4v) is 1.34. The van der Waals surface area contributed by atoms with Gasteiger partial charge in [0.05, 0.1) is 5.92 Å². The molecule has 0 fully saturated rings. The maximum atomic E-state index is 10.8. The summed E-state index contributed by atoms with van der Waals surface area (Å²) in [6.45, 7) is 5.72. The van der Waals surface area contributed by atoms with Gasteiger partial charge in [0.2, 0.25) is 0 Å². The molecule has 0 bridgehead atoms. The van der Waals surface area contributed by atoms with Crippen LogP contribution in [0.25, 0.3) is 5.57 Å². The molecule has 3 heteroatoms. The summed E-state index contributed by atoms with van der Waals surface area (Å²) in [6, 6.07) is 7.68. The second kappa shape index (κ2) is 7.10. The van der Waals surface area contributed by atoms with Crippen molar-refractivity contribution in [2.24, 2.45) is 0 Å². The van der Waals surface area contributed by atoms with Gasteiger partial charge >= 0.3 is 43.7 Å². The van der Waals surface area contributed by atoms with Crippen LogP contribution in [0, 0.1) is 0 Å². The van der Waals surface area contributed by atoms with Gasteiger partial charge < -0.3 is 5.11 Å². The third-order valence-corrected chi connectivity index (χ3v) is 2.67. The molecule has 1 atom stereocenters. The second-order valence-corrected chi connectivity index (χ2v) is 3.65. The number of carbonyl (C=O) groups is 1. The Labute approximate surface area is 126 Å². The van der Waals surface area contributed by atoms with Gasteiger partial charge in [0.1, 0.15) is 0 Å². The van der Waals surface area contributed by atoms with Gasteiger partial charge in [0.15, 0.2) is 0 Å². The Kier molecular flexibility index (Phi) is 6.96. The van der Waals surface area contributed by atoms with E-state index in [0.29, 0.717) is 0 Å². The number of hydrogen-bond acceptors (Lipinski definition) is 1. The fourth-order valence-electron chi connectivity index (χ4n) is 1.34. The van der Waals surface area contributed by atoms with E-state index in [2.05, 4.69) is 0 Å². The number of benzene rings is 1. The molecule has 0 saturated carbocycles. The zero-order valence-corrected chi connectivity index (χ0v) is 9.32. The van der Waals surface area contributed by atoms with E-state index < -0.39 is 11.9 Å². The number of hydrogen-bond donors (Lipinski definition) is 1. The Balaban J connectivity index is 0.00000225. The first-order valence-corrected chi connectivity index (χ1v) is 5.02. The zero-order chi connectivity index (χ0) is 11.4. The van der Waals surface area contributed by atoms with Gasteiger partial charge in [0, 0.05) is 0 Å². The van der Waals surface area contributed by atoms with Crippen LogP contribution >= 0.6 is 0 Å². The molecule has 84 valence electrons. The fraction of sp³-hybridized carbons (Fsp3) is 0.308. The topological polar surface area (TPSA) is 37.3 Å². The van der Waals surface area contributed by atoms with Crippen molar-refractivity contribution in [3.05, 3.63) is 41.5 Å². The van der Waals surface area contributed by atoms with Crippen LogP contribution < -0.4 is 0 Å². The van der Waals surface area contributed by atoms with Gasteiger partial charge in [-0.05, 0) is 37.5 Å². The van der Waals surface area contributed by atoms with E-state index in [-0.39, 0.29) is 37.7 Å². The Bertz CT molecular complexity index is 379. The standard InChI is InChI=1S/C13H16O2.Ca.2H/c1-4-9(2)11-5-7-12(8-6-11)10(3)13(14)15;;;/h4-8,10H,1-3H3,(H,14,15);;;. The molecule has 0 aliphatic carbocycles. The average Bonchev–Trinajstić information content (AvgIpc) is 2.27. The van der Waals surface area contributed by atoms with Gasteiger partial charge in [-0.3, -0.25) is 4.79 Å². The molecule has 0 saturated heterocycles. The average molecular weight is 246 g/mol. The maximum absolute atomic E-state index is 10.8. The minimum atomic E-state index is -0.787. The van der Waals surface area contributed by atoms with Crippen LogP contribution in [0.3, 0.4) is 0 Å². The van der Waals surface area contributed by atoms with Crippen LogP contribution in [0.4, 0.5) is 0 Å². The van der Waals surface area contributed by atoms with E-state index in [0.717, 1.165) is 11.1 Å². The van der Waals surface area contributed by atoms with Crippen molar-refractivity contribution in [3.63, 3.8) is 0 Å². The number of carboxylic acids is 1. The molecule has 1 unspecified atom stereocenters. The Morgan fingerprint density at radius 1 is 1.31 bits per heavy atom. The molecule has 0 heterocycles. The van der Waals surface area contributed by atoms with E-state index in [9.17, 15) is 4.79 Å². The molecular formula is C13H18CaO2. The molecule has 0 aliphatic rings. The monoisotopic (exact) mass is 246 g/mol. The number of rotatable bonds is 3. The Morgan fingerprint density at radius 3 is 2.19 bits per heavy atom. The van der Waals surface area contributed by atoms with Crippen molar-refractivity contribution in [2.75, 3.05) is 0 Å². The zero-order valence-electron chi connectivity index (χ0n) is 9.32. The van der Waals surface area contributed by atoms with Gasteiger partial charge in [-0.15, -0.1) is 0 Å². The predicted molar refractivity (Wildman–Crippen MR) is 70.4 cm³/mol. The molecular weight excluding hydrogens is 228 g/mol. The Morgan fingerprint density at radius 2 is 1.81 bits per heavy atom.